The SMILES string of the molecule is Cc1c(C(=O)C(F)(F)F)[nH]c2ccccc12. The molecule has 0 saturated heterocycles. The van der Waals surface area contributed by atoms with Crippen molar-refractivity contribution in [1.29, 1.82) is 0 Å². The minimum Gasteiger partial charge on any atom is -0.352 e. The third-order valence-electron chi connectivity index (χ3n) is 2.45. The van der Waals surface area contributed by atoms with Gasteiger partial charge in [-0.3, -0.25) is 4.79 Å². The lowest BCUT2D eigenvalue weighted by Crippen LogP contribution is -2.23. The van der Waals surface area contributed by atoms with Crippen molar-refractivity contribution in [3.63, 3.8) is 0 Å². The van der Waals surface area contributed by atoms with Crippen LogP contribution in [-0.2, 0) is 0 Å². The highest BCUT2D eigenvalue weighted by molar-refractivity contribution is 6.04. The summed E-state index contributed by atoms with van der Waals surface area (Å²) in [7, 11) is 0. The molecule has 1 heterocycles. The second-order valence-electron chi connectivity index (χ2n) is 3.50. The van der Waals surface area contributed by atoms with Crippen LogP contribution in [0.15, 0.2) is 24.3 Å². The van der Waals surface area contributed by atoms with E-state index in [1.807, 2.05) is 0 Å². The van der Waals surface area contributed by atoms with E-state index in [9.17, 15) is 18.0 Å². The molecule has 0 aliphatic carbocycles. The van der Waals surface area contributed by atoms with E-state index in [1.165, 1.54) is 6.92 Å². The van der Waals surface area contributed by atoms with E-state index >= 15 is 0 Å². The largest absolute Gasteiger partial charge is 0.456 e. The first-order valence-electron chi connectivity index (χ1n) is 4.60. The number of ketones is 1. The van der Waals surface area contributed by atoms with Crippen LogP contribution in [0.2, 0.25) is 0 Å². The number of para-hydroxylation sites is 1. The quantitative estimate of drug-likeness (QED) is 0.745. The lowest BCUT2D eigenvalue weighted by molar-refractivity contribution is -0.0888. The number of H-pyrrole nitrogens is 1. The smallest absolute Gasteiger partial charge is 0.352 e. The molecule has 0 fully saturated rings. The summed E-state index contributed by atoms with van der Waals surface area (Å²) in [6.07, 6.45) is -4.84. The second-order valence-corrected chi connectivity index (χ2v) is 3.50. The number of aryl methyl sites for hydroxylation is 1. The molecule has 0 amide bonds. The molecule has 1 aromatic carbocycles. The van der Waals surface area contributed by atoms with E-state index in [1.54, 1.807) is 24.3 Å². The van der Waals surface area contributed by atoms with E-state index in [4.69, 9.17) is 0 Å². The maximum atomic E-state index is 12.3. The third kappa shape index (κ3) is 1.58. The Labute approximate surface area is 89.1 Å². The number of hydrogen-bond acceptors (Lipinski definition) is 1. The molecule has 0 atom stereocenters. The Hall–Kier alpha value is -1.78. The number of carbonyl (C=O) groups is 1. The van der Waals surface area contributed by atoms with Gasteiger partial charge in [-0.05, 0) is 18.6 Å². The predicted octanol–water partition coefficient (Wildman–Crippen LogP) is 3.22. The van der Waals surface area contributed by atoms with Crippen LogP contribution in [0.4, 0.5) is 13.2 Å². The number of fused-ring (bicyclic) bond motifs is 1. The van der Waals surface area contributed by atoms with Crippen molar-refractivity contribution in [3.8, 4) is 0 Å². The molecule has 16 heavy (non-hydrogen) atoms. The fraction of sp³-hybridized carbons (Fsp3) is 0.182. The standard InChI is InChI=1S/C11H8F3NO/c1-6-7-4-2-3-5-8(7)15-9(6)10(16)11(12,13)14/h2-5,15H,1H3. The highest BCUT2D eigenvalue weighted by atomic mass is 19.4. The van der Waals surface area contributed by atoms with E-state index in [0.29, 0.717) is 16.5 Å². The molecule has 1 aromatic heterocycles. The van der Waals surface area contributed by atoms with Gasteiger partial charge < -0.3 is 4.98 Å². The fourth-order valence-electron chi connectivity index (χ4n) is 1.65. The number of carbonyl (C=O) groups excluding carboxylic acids is 1. The predicted molar refractivity (Wildman–Crippen MR) is 53.4 cm³/mol. The number of nitrogens with one attached hydrogen (secondary N) is 1. The molecule has 2 aromatic rings. The number of rotatable bonds is 1. The first-order valence-corrected chi connectivity index (χ1v) is 4.60. The molecule has 0 unspecified atom stereocenters. The Bertz CT molecular complexity index is 554. The minimum atomic E-state index is -4.84. The molecule has 84 valence electrons. The average Bonchev–Trinajstić information content (AvgIpc) is 2.54. The molecule has 2 rings (SSSR count). The van der Waals surface area contributed by atoms with Crippen LogP contribution >= 0.6 is 0 Å². The number of alkyl halides is 3. The lowest BCUT2D eigenvalue weighted by atomic mass is 10.1. The molecular weight excluding hydrogens is 219 g/mol. The number of aromatic nitrogens is 1. The fourth-order valence-corrected chi connectivity index (χ4v) is 1.65. The van der Waals surface area contributed by atoms with Gasteiger partial charge in [0.25, 0.3) is 5.78 Å². The van der Waals surface area contributed by atoms with Crippen molar-refractivity contribution in [2.24, 2.45) is 0 Å². The van der Waals surface area contributed by atoms with E-state index in [2.05, 4.69) is 4.98 Å². The van der Waals surface area contributed by atoms with Crippen molar-refractivity contribution in [3.05, 3.63) is 35.5 Å². The van der Waals surface area contributed by atoms with E-state index in [0.717, 1.165) is 0 Å². The summed E-state index contributed by atoms with van der Waals surface area (Å²) in [5, 5.41) is 0.634. The van der Waals surface area contributed by atoms with Crippen LogP contribution in [0.1, 0.15) is 16.1 Å². The molecule has 0 aliphatic rings. The number of halogens is 3. The molecular formula is C11H8F3NO. The summed E-state index contributed by atoms with van der Waals surface area (Å²) in [4.78, 5) is 13.6. The second kappa shape index (κ2) is 3.37. The molecule has 2 nitrogen and oxygen atoms in total. The van der Waals surface area contributed by atoms with Gasteiger partial charge >= 0.3 is 6.18 Å². The highest BCUT2D eigenvalue weighted by Crippen LogP contribution is 2.27. The van der Waals surface area contributed by atoms with Gasteiger partial charge in [0, 0.05) is 10.9 Å². The summed E-state index contributed by atoms with van der Waals surface area (Å²) in [5.41, 5.74) is 0.485. The number of benzene rings is 1. The van der Waals surface area contributed by atoms with Crippen LogP contribution in [0.25, 0.3) is 10.9 Å². The maximum Gasteiger partial charge on any atom is 0.456 e. The Morgan fingerprint density at radius 1 is 1.25 bits per heavy atom. The maximum absolute atomic E-state index is 12.3. The van der Waals surface area contributed by atoms with Gasteiger partial charge in [0.2, 0.25) is 0 Å². The molecule has 0 saturated carbocycles. The summed E-state index contributed by atoms with van der Waals surface area (Å²) in [5.74, 6) is -1.83. The van der Waals surface area contributed by atoms with Crippen LogP contribution in [0.5, 0.6) is 0 Å². The van der Waals surface area contributed by atoms with Gasteiger partial charge in [-0.2, -0.15) is 13.2 Å². The van der Waals surface area contributed by atoms with Crippen LogP contribution in [-0.4, -0.2) is 16.9 Å². The first kappa shape index (κ1) is 10.7. The average molecular weight is 227 g/mol. The molecule has 0 bridgehead atoms. The Morgan fingerprint density at radius 2 is 1.88 bits per heavy atom. The van der Waals surface area contributed by atoms with Gasteiger partial charge in [0.05, 0.1) is 5.69 Å². The lowest BCUT2D eigenvalue weighted by Gasteiger charge is -2.03. The normalized spacial score (nSPS) is 12.0. The van der Waals surface area contributed by atoms with Crippen molar-refractivity contribution >= 4 is 16.7 Å². The molecule has 0 aliphatic heterocycles. The minimum absolute atomic E-state index is 0.331. The molecule has 5 heteroatoms. The van der Waals surface area contributed by atoms with Gasteiger partial charge in [0.15, 0.2) is 0 Å². The van der Waals surface area contributed by atoms with Gasteiger partial charge in [-0.25, -0.2) is 0 Å². The van der Waals surface area contributed by atoms with E-state index < -0.39 is 12.0 Å². The number of Topliss-reactive ketones (excluding diaryl/α,β-unsaturated/α-hetero) is 1. The summed E-state index contributed by atoms with van der Waals surface area (Å²) in [6.45, 7) is 1.50. The highest BCUT2D eigenvalue weighted by Gasteiger charge is 2.41. The topological polar surface area (TPSA) is 32.9 Å². The Balaban J connectivity index is 2.63. The van der Waals surface area contributed by atoms with Crippen LogP contribution in [0.3, 0.4) is 0 Å². The Kier molecular flexibility index (Phi) is 2.26. The number of hydrogen-bond donors (Lipinski definition) is 1. The third-order valence-corrected chi connectivity index (χ3v) is 2.45. The van der Waals surface area contributed by atoms with Gasteiger partial charge in [-0.15, -0.1) is 0 Å². The summed E-state index contributed by atoms with van der Waals surface area (Å²) < 4.78 is 36.8. The van der Waals surface area contributed by atoms with Crippen molar-refractivity contribution in [2.45, 2.75) is 13.1 Å². The Morgan fingerprint density at radius 3 is 2.44 bits per heavy atom. The van der Waals surface area contributed by atoms with Crippen LogP contribution in [0, 0.1) is 6.92 Å². The molecule has 0 spiro atoms. The summed E-state index contributed by atoms with van der Waals surface area (Å²) >= 11 is 0. The van der Waals surface area contributed by atoms with Gasteiger partial charge in [-0.1, -0.05) is 18.2 Å². The summed E-state index contributed by atoms with van der Waals surface area (Å²) in [6, 6.07) is 6.72. The van der Waals surface area contributed by atoms with Crippen LogP contribution < -0.4 is 0 Å². The first-order chi connectivity index (χ1) is 7.41. The molecule has 1 N–H and O–H groups in total. The van der Waals surface area contributed by atoms with Crippen molar-refractivity contribution in [1.82, 2.24) is 4.98 Å². The number of aromatic amines is 1. The zero-order valence-electron chi connectivity index (χ0n) is 8.35. The van der Waals surface area contributed by atoms with E-state index in [-0.39, 0.29) is 5.69 Å². The van der Waals surface area contributed by atoms with Crippen molar-refractivity contribution in [2.75, 3.05) is 0 Å². The monoisotopic (exact) mass is 227 g/mol. The van der Waals surface area contributed by atoms with Crippen molar-refractivity contribution < 1.29 is 18.0 Å². The zero-order chi connectivity index (χ0) is 11.9. The van der Waals surface area contributed by atoms with Gasteiger partial charge in [0.1, 0.15) is 0 Å². The molecule has 0 radical (unpaired) electrons. The zero-order valence-corrected chi connectivity index (χ0v) is 8.35.